The number of carbonyl (C=O) groups is 1. The van der Waals surface area contributed by atoms with Crippen LogP contribution < -0.4 is 10.8 Å². The standard InChI is InChI=1S/C8H8BNO4/c11-8-10-7-2-1-6(9(12)13)3-5(7)4-14-8/h1-3,12-13H,4H2,(H,10,11). The Hall–Kier alpha value is -1.53. The van der Waals surface area contributed by atoms with Gasteiger partial charge in [-0.15, -0.1) is 0 Å². The van der Waals surface area contributed by atoms with Crippen LogP contribution in [0.4, 0.5) is 10.5 Å². The van der Waals surface area contributed by atoms with Crippen LogP contribution in [0.15, 0.2) is 18.2 Å². The van der Waals surface area contributed by atoms with Crippen LogP contribution >= 0.6 is 0 Å². The van der Waals surface area contributed by atoms with Crippen LogP contribution in [0.2, 0.25) is 0 Å². The third-order valence-corrected chi connectivity index (χ3v) is 2.02. The maximum atomic E-state index is 10.8. The van der Waals surface area contributed by atoms with Gasteiger partial charge in [0.25, 0.3) is 0 Å². The number of amides is 1. The summed E-state index contributed by atoms with van der Waals surface area (Å²) in [6, 6.07) is 4.74. The topological polar surface area (TPSA) is 78.8 Å². The SMILES string of the molecule is O=C1Nc2ccc(B(O)O)cc2CO1. The molecule has 0 saturated carbocycles. The summed E-state index contributed by atoms with van der Waals surface area (Å²) < 4.78 is 4.73. The molecule has 0 fully saturated rings. The molecule has 0 spiro atoms. The second kappa shape index (κ2) is 3.32. The van der Waals surface area contributed by atoms with Crippen molar-refractivity contribution in [2.75, 3.05) is 5.32 Å². The first-order chi connectivity index (χ1) is 6.66. The molecule has 1 aromatic rings. The second-order valence-corrected chi connectivity index (χ2v) is 2.99. The van der Waals surface area contributed by atoms with E-state index in [0.29, 0.717) is 11.2 Å². The van der Waals surface area contributed by atoms with E-state index >= 15 is 0 Å². The lowest BCUT2D eigenvalue weighted by Gasteiger charge is -2.17. The van der Waals surface area contributed by atoms with E-state index in [4.69, 9.17) is 14.8 Å². The van der Waals surface area contributed by atoms with Gasteiger partial charge >= 0.3 is 13.2 Å². The minimum absolute atomic E-state index is 0.154. The fraction of sp³-hybridized carbons (Fsp3) is 0.125. The quantitative estimate of drug-likeness (QED) is 0.521. The monoisotopic (exact) mass is 193 g/mol. The molecule has 72 valence electrons. The van der Waals surface area contributed by atoms with Crippen LogP contribution in [0.25, 0.3) is 0 Å². The number of nitrogens with one attached hydrogen (secondary N) is 1. The normalized spacial score (nSPS) is 14.0. The molecule has 5 nitrogen and oxygen atoms in total. The molecule has 0 aliphatic carbocycles. The summed E-state index contributed by atoms with van der Waals surface area (Å²) in [5.74, 6) is 0. The second-order valence-electron chi connectivity index (χ2n) is 2.99. The molecule has 0 atom stereocenters. The summed E-state index contributed by atoms with van der Waals surface area (Å²) in [4.78, 5) is 10.8. The van der Waals surface area contributed by atoms with Crippen molar-refractivity contribution in [1.82, 2.24) is 0 Å². The van der Waals surface area contributed by atoms with Crippen molar-refractivity contribution in [3.63, 3.8) is 0 Å². The van der Waals surface area contributed by atoms with Crippen LogP contribution in [0.1, 0.15) is 5.56 Å². The lowest BCUT2D eigenvalue weighted by molar-refractivity contribution is 0.151. The molecule has 1 aliphatic rings. The highest BCUT2D eigenvalue weighted by atomic mass is 16.5. The van der Waals surface area contributed by atoms with E-state index in [1.165, 1.54) is 6.07 Å². The number of cyclic esters (lactones) is 1. The first-order valence-corrected chi connectivity index (χ1v) is 4.09. The maximum absolute atomic E-state index is 10.8. The van der Waals surface area contributed by atoms with Gasteiger partial charge in [-0.1, -0.05) is 12.1 Å². The van der Waals surface area contributed by atoms with E-state index in [0.717, 1.165) is 5.56 Å². The zero-order valence-corrected chi connectivity index (χ0v) is 7.23. The Morgan fingerprint density at radius 3 is 2.93 bits per heavy atom. The van der Waals surface area contributed by atoms with E-state index in [1.54, 1.807) is 12.1 Å². The van der Waals surface area contributed by atoms with Crippen LogP contribution in [0.3, 0.4) is 0 Å². The van der Waals surface area contributed by atoms with Crippen molar-refractivity contribution < 1.29 is 19.6 Å². The number of fused-ring (bicyclic) bond motifs is 1. The molecule has 0 unspecified atom stereocenters. The van der Waals surface area contributed by atoms with Crippen LogP contribution in [0.5, 0.6) is 0 Å². The predicted molar refractivity (Wildman–Crippen MR) is 50.1 cm³/mol. The van der Waals surface area contributed by atoms with Gasteiger partial charge in [-0.2, -0.15) is 0 Å². The molecule has 2 rings (SSSR count). The largest absolute Gasteiger partial charge is 0.488 e. The molecule has 1 amide bonds. The number of ether oxygens (including phenoxy) is 1. The lowest BCUT2D eigenvalue weighted by Crippen LogP contribution is -2.31. The summed E-state index contributed by atoms with van der Waals surface area (Å²) in [5.41, 5.74) is 1.75. The fourth-order valence-electron chi connectivity index (χ4n) is 1.30. The van der Waals surface area contributed by atoms with Crippen molar-refractivity contribution in [3.05, 3.63) is 23.8 Å². The molecular weight excluding hydrogens is 185 g/mol. The maximum Gasteiger partial charge on any atom is 0.488 e. The van der Waals surface area contributed by atoms with Crippen molar-refractivity contribution in [1.29, 1.82) is 0 Å². The van der Waals surface area contributed by atoms with E-state index in [9.17, 15) is 4.79 Å². The first kappa shape index (κ1) is 9.05. The smallest absolute Gasteiger partial charge is 0.444 e. The van der Waals surface area contributed by atoms with Crippen molar-refractivity contribution in [3.8, 4) is 0 Å². The third kappa shape index (κ3) is 1.57. The molecular formula is C8H8BNO4. The molecule has 1 aliphatic heterocycles. The molecule has 6 heteroatoms. The highest BCUT2D eigenvalue weighted by molar-refractivity contribution is 6.58. The number of hydrogen-bond acceptors (Lipinski definition) is 4. The number of rotatable bonds is 1. The Morgan fingerprint density at radius 1 is 1.43 bits per heavy atom. The fourth-order valence-corrected chi connectivity index (χ4v) is 1.30. The van der Waals surface area contributed by atoms with Gasteiger partial charge in [0.15, 0.2) is 0 Å². The van der Waals surface area contributed by atoms with Gasteiger partial charge in [-0.3, -0.25) is 5.32 Å². The Kier molecular flexibility index (Phi) is 2.15. The predicted octanol–water partition coefficient (Wildman–Crippen LogP) is -0.572. The summed E-state index contributed by atoms with van der Waals surface area (Å²) in [7, 11) is -1.50. The van der Waals surface area contributed by atoms with E-state index in [2.05, 4.69) is 5.32 Å². The zero-order chi connectivity index (χ0) is 10.1. The van der Waals surface area contributed by atoms with Gasteiger partial charge < -0.3 is 14.8 Å². The molecule has 0 radical (unpaired) electrons. The van der Waals surface area contributed by atoms with Crippen LogP contribution in [-0.4, -0.2) is 23.3 Å². The minimum atomic E-state index is -1.50. The number of carbonyl (C=O) groups excluding carboxylic acids is 1. The van der Waals surface area contributed by atoms with E-state index < -0.39 is 13.2 Å². The van der Waals surface area contributed by atoms with Crippen molar-refractivity contribution in [2.24, 2.45) is 0 Å². The number of hydrogen-bond donors (Lipinski definition) is 3. The van der Waals surface area contributed by atoms with Crippen LogP contribution in [0, 0.1) is 0 Å². The Labute approximate surface area is 80.5 Å². The summed E-state index contributed by atoms with van der Waals surface area (Å²) >= 11 is 0. The van der Waals surface area contributed by atoms with Gasteiger partial charge in [0.05, 0.1) is 5.69 Å². The van der Waals surface area contributed by atoms with Crippen molar-refractivity contribution >= 4 is 24.4 Å². The number of benzene rings is 1. The molecule has 3 N–H and O–H groups in total. The Bertz CT molecular complexity index is 380. The van der Waals surface area contributed by atoms with Crippen LogP contribution in [-0.2, 0) is 11.3 Å². The third-order valence-electron chi connectivity index (χ3n) is 2.02. The number of anilines is 1. The summed E-state index contributed by atoms with van der Waals surface area (Å²) in [6.45, 7) is 0.154. The molecule has 1 heterocycles. The molecule has 14 heavy (non-hydrogen) atoms. The highest BCUT2D eigenvalue weighted by Crippen LogP contribution is 2.19. The summed E-state index contributed by atoms with van der Waals surface area (Å²) in [5, 5.41) is 20.3. The lowest BCUT2D eigenvalue weighted by atomic mass is 9.79. The minimum Gasteiger partial charge on any atom is -0.444 e. The average molecular weight is 193 g/mol. The average Bonchev–Trinajstić information content (AvgIpc) is 2.16. The molecule has 0 saturated heterocycles. The van der Waals surface area contributed by atoms with Gasteiger partial charge in [0, 0.05) is 5.56 Å². The van der Waals surface area contributed by atoms with E-state index in [1.807, 2.05) is 0 Å². The highest BCUT2D eigenvalue weighted by Gasteiger charge is 2.18. The van der Waals surface area contributed by atoms with Crippen molar-refractivity contribution in [2.45, 2.75) is 6.61 Å². The van der Waals surface area contributed by atoms with Gasteiger partial charge in [0.2, 0.25) is 0 Å². The molecule has 1 aromatic carbocycles. The van der Waals surface area contributed by atoms with Gasteiger partial charge in [-0.05, 0) is 11.5 Å². The summed E-state index contributed by atoms with van der Waals surface area (Å²) in [6.07, 6.45) is -0.491. The van der Waals surface area contributed by atoms with E-state index in [-0.39, 0.29) is 6.61 Å². The zero-order valence-electron chi connectivity index (χ0n) is 7.23. The molecule has 0 bridgehead atoms. The Balaban J connectivity index is 2.36. The van der Waals surface area contributed by atoms with Gasteiger partial charge in [-0.25, -0.2) is 4.79 Å². The Morgan fingerprint density at radius 2 is 2.21 bits per heavy atom. The van der Waals surface area contributed by atoms with Gasteiger partial charge in [0.1, 0.15) is 6.61 Å². The first-order valence-electron chi connectivity index (χ1n) is 4.09. The molecule has 0 aromatic heterocycles.